The van der Waals surface area contributed by atoms with Crippen LogP contribution in [0.4, 0.5) is 4.39 Å². The average Bonchev–Trinajstić information content (AvgIpc) is 2.48. The van der Waals surface area contributed by atoms with Crippen molar-refractivity contribution in [1.82, 2.24) is 0 Å². The average molecular weight is 270 g/mol. The second-order valence-corrected chi connectivity index (χ2v) is 4.68. The summed E-state index contributed by atoms with van der Waals surface area (Å²) in [4.78, 5) is 0. The zero-order valence-electron chi connectivity index (χ0n) is 11.7. The van der Waals surface area contributed by atoms with Gasteiger partial charge < -0.3 is 4.74 Å². The summed E-state index contributed by atoms with van der Waals surface area (Å²) in [6, 6.07) is 13.1. The molecule has 0 saturated heterocycles. The van der Waals surface area contributed by atoms with E-state index < -0.39 is 0 Å². The topological polar surface area (TPSA) is 9.23 Å². The van der Waals surface area contributed by atoms with Crippen molar-refractivity contribution in [3.63, 3.8) is 0 Å². The van der Waals surface area contributed by atoms with Gasteiger partial charge in [-0.25, -0.2) is 4.39 Å². The van der Waals surface area contributed by atoms with Crippen molar-refractivity contribution in [2.24, 2.45) is 0 Å². The summed E-state index contributed by atoms with van der Waals surface area (Å²) in [6.07, 6.45) is 3.42. The van der Waals surface area contributed by atoms with Crippen LogP contribution in [0.1, 0.15) is 18.9 Å². The van der Waals surface area contributed by atoms with Crippen LogP contribution in [0.15, 0.2) is 55.1 Å². The number of hydrogen-bond donors (Lipinski definition) is 0. The van der Waals surface area contributed by atoms with Gasteiger partial charge >= 0.3 is 0 Å². The molecule has 2 heteroatoms. The number of aryl methyl sites for hydroxylation is 1. The van der Waals surface area contributed by atoms with E-state index in [1.165, 1.54) is 0 Å². The summed E-state index contributed by atoms with van der Waals surface area (Å²) in [5.74, 6) is 0.686. The lowest BCUT2D eigenvalue weighted by Gasteiger charge is -2.08. The predicted molar refractivity (Wildman–Crippen MR) is 81.5 cm³/mol. The Hall–Kier alpha value is -2.09. The van der Waals surface area contributed by atoms with Gasteiger partial charge in [0.05, 0.1) is 0 Å². The minimum absolute atomic E-state index is 0.124. The van der Waals surface area contributed by atoms with Gasteiger partial charge in [0.25, 0.3) is 0 Å². The third kappa shape index (κ3) is 3.47. The largest absolute Gasteiger partial charge is 0.490 e. The Kier molecular flexibility index (Phi) is 4.94. The van der Waals surface area contributed by atoms with E-state index in [4.69, 9.17) is 4.74 Å². The highest BCUT2D eigenvalue weighted by Crippen LogP contribution is 2.25. The number of halogens is 1. The molecule has 0 aliphatic heterocycles. The summed E-state index contributed by atoms with van der Waals surface area (Å²) >= 11 is 0. The predicted octanol–water partition coefficient (Wildman–Crippen LogP) is 5.01. The van der Waals surface area contributed by atoms with Crippen molar-refractivity contribution in [2.75, 3.05) is 6.61 Å². The van der Waals surface area contributed by atoms with E-state index in [2.05, 4.69) is 13.5 Å². The van der Waals surface area contributed by atoms with Crippen molar-refractivity contribution in [2.45, 2.75) is 19.8 Å². The number of hydrogen-bond acceptors (Lipinski definition) is 1. The second-order valence-electron chi connectivity index (χ2n) is 4.68. The normalized spacial score (nSPS) is 10.3. The third-order valence-corrected chi connectivity index (χ3v) is 3.12. The molecule has 0 atom stereocenters. The first-order valence-corrected chi connectivity index (χ1v) is 6.87. The van der Waals surface area contributed by atoms with E-state index in [0.29, 0.717) is 6.61 Å². The molecule has 0 saturated carbocycles. The molecule has 0 bridgehead atoms. The highest BCUT2D eigenvalue weighted by atomic mass is 19.1. The molecule has 0 fully saturated rings. The van der Waals surface area contributed by atoms with Crippen LogP contribution in [0, 0.1) is 5.82 Å². The first-order chi connectivity index (χ1) is 9.74. The van der Waals surface area contributed by atoms with Crippen LogP contribution in [0.5, 0.6) is 5.75 Å². The van der Waals surface area contributed by atoms with Crippen LogP contribution in [-0.2, 0) is 6.42 Å². The van der Waals surface area contributed by atoms with Crippen molar-refractivity contribution in [1.29, 1.82) is 0 Å². The highest BCUT2D eigenvalue weighted by molar-refractivity contribution is 5.65. The molecule has 20 heavy (non-hydrogen) atoms. The lowest BCUT2D eigenvalue weighted by atomic mass is 10.0. The Balaban J connectivity index is 2.22. The molecule has 1 nitrogen and oxygen atoms in total. The van der Waals surface area contributed by atoms with Crippen LogP contribution >= 0.6 is 0 Å². The summed E-state index contributed by atoms with van der Waals surface area (Å²) in [6.45, 7) is 6.17. The lowest BCUT2D eigenvalue weighted by molar-refractivity contribution is 0.363. The summed E-state index contributed by atoms with van der Waals surface area (Å²) in [7, 11) is 0. The van der Waals surface area contributed by atoms with Gasteiger partial charge in [0.1, 0.15) is 18.2 Å². The van der Waals surface area contributed by atoms with Gasteiger partial charge in [-0.15, -0.1) is 0 Å². The van der Waals surface area contributed by atoms with Crippen molar-refractivity contribution in [3.05, 3.63) is 66.5 Å². The fourth-order valence-corrected chi connectivity index (χ4v) is 2.11. The molecule has 0 aliphatic carbocycles. The molecular formula is C18H19FO. The monoisotopic (exact) mass is 270 g/mol. The zero-order valence-corrected chi connectivity index (χ0v) is 11.7. The maximum Gasteiger partial charge on any atom is 0.126 e. The zero-order chi connectivity index (χ0) is 14.4. The maximum absolute atomic E-state index is 13.6. The lowest BCUT2D eigenvalue weighted by Crippen LogP contribution is -1.93. The van der Waals surface area contributed by atoms with Crippen LogP contribution in [0.3, 0.4) is 0 Å². The first kappa shape index (κ1) is 14.3. The SMILES string of the molecule is C=CCOc1ccc(-c2ccc(F)c(CCC)c2)cc1. The number of rotatable bonds is 6. The molecular weight excluding hydrogens is 251 g/mol. The minimum Gasteiger partial charge on any atom is -0.490 e. The Morgan fingerprint density at radius 3 is 2.45 bits per heavy atom. The van der Waals surface area contributed by atoms with Crippen molar-refractivity contribution < 1.29 is 9.13 Å². The number of benzene rings is 2. The van der Waals surface area contributed by atoms with E-state index in [-0.39, 0.29) is 5.82 Å². The molecule has 104 valence electrons. The van der Waals surface area contributed by atoms with Gasteiger partial charge in [0.2, 0.25) is 0 Å². The molecule has 2 aromatic carbocycles. The van der Waals surface area contributed by atoms with Gasteiger partial charge in [-0.3, -0.25) is 0 Å². The van der Waals surface area contributed by atoms with Crippen molar-refractivity contribution >= 4 is 0 Å². The Morgan fingerprint density at radius 1 is 1.10 bits per heavy atom. The van der Waals surface area contributed by atoms with Crippen LogP contribution < -0.4 is 4.74 Å². The van der Waals surface area contributed by atoms with E-state index in [0.717, 1.165) is 35.3 Å². The molecule has 0 heterocycles. The highest BCUT2D eigenvalue weighted by Gasteiger charge is 2.05. The second kappa shape index (κ2) is 6.90. The quantitative estimate of drug-likeness (QED) is 0.670. The van der Waals surface area contributed by atoms with E-state index in [9.17, 15) is 4.39 Å². The molecule has 0 radical (unpaired) electrons. The molecule has 0 amide bonds. The summed E-state index contributed by atoms with van der Waals surface area (Å²) in [5.41, 5.74) is 2.87. The number of ether oxygens (including phenoxy) is 1. The standard InChI is InChI=1S/C18H19FO/c1-3-5-16-13-15(8-11-18(16)19)14-6-9-17(10-7-14)20-12-4-2/h4,6-11,13H,2-3,5,12H2,1H3. The van der Waals surface area contributed by atoms with Gasteiger partial charge in [-0.2, -0.15) is 0 Å². The molecule has 0 aliphatic rings. The van der Waals surface area contributed by atoms with Crippen LogP contribution in [0.25, 0.3) is 11.1 Å². The van der Waals surface area contributed by atoms with Gasteiger partial charge in [-0.05, 0) is 47.4 Å². The molecule has 0 aromatic heterocycles. The van der Waals surface area contributed by atoms with Gasteiger partial charge in [0, 0.05) is 0 Å². The molecule has 2 rings (SSSR count). The summed E-state index contributed by atoms with van der Waals surface area (Å²) in [5, 5.41) is 0. The van der Waals surface area contributed by atoms with E-state index >= 15 is 0 Å². The third-order valence-electron chi connectivity index (χ3n) is 3.12. The molecule has 2 aromatic rings. The Labute approximate surface area is 119 Å². The molecule has 0 unspecified atom stereocenters. The minimum atomic E-state index is -0.124. The van der Waals surface area contributed by atoms with Gasteiger partial charge in [-0.1, -0.05) is 44.2 Å². The maximum atomic E-state index is 13.6. The first-order valence-electron chi connectivity index (χ1n) is 6.87. The van der Waals surface area contributed by atoms with Gasteiger partial charge in [0.15, 0.2) is 0 Å². The Bertz CT molecular complexity index is 572. The van der Waals surface area contributed by atoms with Crippen LogP contribution in [0.2, 0.25) is 0 Å². The summed E-state index contributed by atoms with van der Waals surface area (Å²) < 4.78 is 19.1. The Morgan fingerprint density at radius 2 is 1.80 bits per heavy atom. The van der Waals surface area contributed by atoms with E-state index in [1.807, 2.05) is 36.4 Å². The smallest absolute Gasteiger partial charge is 0.126 e. The molecule has 0 spiro atoms. The van der Waals surface area contributed by atoms with E-state index in [1.54, 1.807) is 12.1 Å². The molecule has 0 N–H and O–H groups in total. The fraction of sp³-hybridized carbons (Fsp3) is 0.222. The van der Waals surface area contributed by atoms with Crippen LogP contribution in [-0.4, -0.2) is 6.61 Å². The fourth-order valence-electron chi connectivity index (χ4n) is 2.11. The van der Waals surface area contributed by atoms with Crippen molar-refractivity contribution in [3.8, 4) is 16.9 Å².